The summed E-state index contributed by atoms with van der Waals surface area (Å²) in [6.07, 6.45) is 0. The molecular weight excluding hydrogens is 1020 g/mol. The fourth-order valence-electron chi connectivity index (χ4n) is 13.3. The van der Waals surface area contributed by atoms with Crippen LogP contribution in [0.4, 0.5) is 0 Å². The highest BCUT2D eigenvalue weighted by Gasteiger charge is 2.35. The number of aromatic nitrogens is 7. The van der Waals surface area contributed by atoms with E-state index in [0.29, 0.717) is 23.0 Å². The van der Waals surface area contributed by atoms with Crippen molar-refractivity contribution in [3.8, 4) is 74.1 Å². The Bertz CT molecular complexity index is 5290. The normalized spacial score (nSPS) is 11.8. The maximum Gasteiger partial charge on any atom is 0.164 e. The molecule has 0 aliphatic heterocycles. The van der Waals surface area contributed by atoms with Gasteiger partial charge in [-0.3, -0.25) is 0 Å². The van der Waals surface area contributed by atoms with E-state index in [2.05, 4.69) is 243 Å². The van der Waals surface area contributed by atoms with E-state index in [1.165, 1.54) is 0 Å². The monoisotopic (exact) mass is 1070 g/mol. The van der Waals surface area contributed by atoms with E-state index in [9.17, 15) is 5.26 Å². The van der Waals surface area contributed by atoms with Crippen molar-refractivity contribution >= 4 is 87.2 Å². The van der Waals surface area contributed by atoms with Crippen molar-refractivity contribution in [2.75, 3.05) is 0 Å². The van der Waals surface area contributed by atoms with Gasteiger partial charge in [0, 0.05) is 65.3 Å². The Morgan fingerprint density at radius 1 is 0.226 bits per heavy atom. The van der Waals surface area contributed by atoms with Gasteiger partial charge in [0.2, 0.25) is 0 Å². The first-order chi connectivity index (χ1) is 41.7. The zero-order chi connectivity index (χ0) is 55.4. The molecule has 0 saturated heterocycles. The molecule has 5 heterocycles. The lowest BCUT2D eigenvalue weighted by Gasteiger charge is -2.29. The molecule has 0 amide bonds. The smallest absolute Gasteiger partial charge is 0.164 e. The molecule has 17 rings (SSSR count). The first kappa shape index (κ1) is 47.2. The standard InChI is InChI=1S/C76H46N8/c77-47-60-69(48-43-45-51(46-44-48)76-79-74(49-23-3-1-4-24-49)78-75(80-76)50-25-5-2-6-26-50)71(82-63-37-17-9-29-54(63)55-30-10-18-38-64(55)82)73(84-67-41-21-13-33-58(67)59-34-14-22-42-68(59)84)72(83-65-39-19-11-31-56(65)57-32-12-20-40-66(57)83)70(60)81-61-35-15-7-27-52(61)53-28-8-16-36-62(53)81/h1-46H. The van der Waals surface area contributed by atoms with Crippen molar-refractivity contribution < 1.29 is 0 Å². The lowest BCUT2D eigenvalue weighted by atomic mass is 9.92. The minimum absolute atomic E-state index is 0.505. The summed E-state index contributed by atoms with van der Waals surface area (Å²) in [6.45, 7) is 0. The Hall–Kier alpha value is -11.7. The van der Waals surface area contributed by atoms with Crippen molar-refractivity contribution in [1.82, 2.24) is 33.2 Å². The number of para-hydroxylation sites is 8. The van der Waals surface area contributed by atoms with Gasteiger partial charge in [0.1, 0.15) is 6.07 Å². The Morgan fingerprint density at radius 3 is 0.750 bits per heavy atom. The Morgan fingerprint density at radius 2 is 0.452 bits per heavy atom. The van der Waals surface area contributed by atoms with Gasteiger partial charge >= 0.3 is 0 Å². The molecular formula is C76H46N8. The SMILES string of the molecule is N#Cc1c(-c2ccc(-c3nc(-c4ccccc4)nc(-c4ccccc4)n3)cc2)c(-n2c3ccccc3c3ccccc32)c(-n2c3ccccc3c3ccccc32)c(-n2c3ccccc3c3ccccc32)c1-n1c2ccccc2c2ccccc21. The first-order valence-corrected chi connectivity index (χ1v) is 28.3. The van der Waals surface area contributed by atoms with Crippen LogP contribution in [0.1, 0.15) is 5.56 Å². The number of fused-ring (bicyclic) bond motifs is 12. The predicted octanol–water partition coefficient (Wildman–Crippen LogP) is 18.8. The second-order valence-electron chi connectivity index (χ2n) is 21.4. The zero-order valence-electron chi connectivity index (χ0n) is 45.1. The summed E-state index contributed by atoms with van der Waals surface area (Å²) in [5.74, 6) is 1.70. The van der Waals surface area contributed by atoms with E-state index in [1.807, 2.05) is 60.7 Å². The van der Waals surface area contributed by atoms with Crippen molar-refractivity contribution in [3.05, 3.63) is 285 Å². The van der Waals surface area contributed by atoms with Gasteiger partial charge in [0.15, 0.2) is 17.5 Å². The van der Waals surface area contributed by atoms with Gasteiger partial charge in [0.25, 0.3) is 0 Å². The summed E-state index contributed by atoms with van der Waals surface area (Å²) in [6, 6.07) is 101. The largest absolute Gasteiger partial charge is 0.306 e. The Balaban J connectivity index is 1.11. The van der Waals surface area contributed by atoms with Gasteiger partial charge in [-0.25, -0.2) is 15.0 Å². The lowest BCUT2D eigenvalue weighted by molar-refractivity contribution is 1.02. The second-order valence-corrected chi connectivity index (χ2v) is 21.4. The highest BCUT2D eigenvalue weighted by atomic mass is 15.1. The van der Waals surface area contributed by atoms with E-state index < -0.39 is 0 Å². The number of nitrogens with zero attached hydrogens (tertiary/aromatic N) is 8. The fraction of sp³-hybridized carbons (Fsp3) is 0. The number of rotatable bonds is 8. The van der Waals surface area contributed by atoms with E-state index >= 15 is 0 Å². The van der Waals surface area contributed by atoms with Crippen molar-refractivity contribution in [2.45, 2.75) is 0 Å². The molecule has 8 nitrogen and oxygen atoms in total. The lowest BCUT2D eigenvalue weighted by Crippen LogP contribution is -2.16. The first-order valence-electron chi connectivity index (χ1n) is 28.3. The maximum absolute atomic E-state index is 12.9. The third-order valence-corrected chi connectivity index (χ3v) is 16.9. The molecule has 8 heteroatoms. The van der Waals surface area contributed by atoms with Crippen LogP contribution in [0.3, 0.4) is 0 Å². The molecule has 12 aromatic carbocycles. The third kappa shape index (κ3) is 6.97. The molecule has 0 unspecified atom stereocenters. The van der Waals surface area contributed by atoms with Crippen LogP contribution in [0.5, 0.6) is 0 Å². The van der Waals surface area contributed by atoms with Gasteiger partial charge < -0.3 is 18.3 Å². The van der Waals surface area contributed by atoms with Gasteiger partial charge in [0.05, 0.1) is 72.4 Å². The van der Waals surface area contributed by atoms with E-state index in [1.54, 1.807) is 0 Å². The minimum Gasteiger partial charge on any atom is -0.306 e. The van der Waals surface area contributed by atoms with Crippen LogP contribution in [-0.4, -0.2) is 33.2 Å². The summed E-state index contributed by atoms with van der Waals surface area (Å²) in [7, 11) is 0. The minimum atomic E-state index is 0.505. The highest BCUT2D eigenvalue weighted by molar-refractivity contribution is 6.17. The van der Waals surface area contributed by atoms with Crippen molar-refractivity contribution in [2.24, 2.45) is 0 Å². The number of benzene rings is 12. The number of nitriles is 1. The zero-order valence-corrected chi connectivity index (χ0v) is 45.1. The molecule has 0 bridgehead atoms. The summed E-state index contributed by atoms with van der Waals surface area (Å²) in [5, 5.41) is 21.7. The molecule has 84 heavy (non-hydrogen) atoms. The van der Waals surface area contributed by atoms with Gasteiger partial charge in [-0.1, -0.05) is 231 Å². The maximum atomic E-state index is 12.9. The molecule has 0 aliphatic rings. The molecule has 17 aromatic rings. The van der Waals surface area contributed by atoms with Crippen molar-refractivity contribution in [1.29, 1.82) is 5.26 Å². The van der Waals surface area contributed by atoms with Gasteiger partial charge in [-0.05, 0) is 54.1 Å². The van der Waals surface area contributed by atoms with Gasteiger partial charge in [-0.2, -0.15) is 5.26 Å². The molecule has 5 aromatic heterocycles. The Kier molecular flexibility index (Phi) is 10.5. The van der Waals surface area contributed by atoms with Crippen LogP contribution in [0.25, 0.3) is 155 Å². The second kappa shape index (κ2) is 18.7. The topological polar surface area (TPSA) is 82.2 Å². The van der Waals surface area contributed by atoms with Crippen LogP contribution in [0.15, 0.2) is 279 Å². The summed E-state index contributed by atoms with van der Waals surface area (Å²) in [5.41, 5.74) is 16.1. The molecule has 0 atom stereocenters. The third-order valence-electron chi connectivity index (χ3n) is 16.9. The van der Waals surface area contributed by atoms with E-state index in [-0.39, 0.29) is 0 Å². The Labute approximate surface area is 481 Å². The summed E-state index contributed by atoms with van der Waals surface area (Å²) in [4.78, 5) is 15.4. The number of hydrogen-bond donors (Lipinski definition) is 0. The average Bonchev–Trinajstić information content (AvgIpc) is 1.63. The molecule has 0 radical (unpaired) electrons. The van der Waals surface area contributed by atoms with E-state index in [0.717, 1.165) is 138 Å². The molecule has 0 spiro atoms. The fourth-order valence-corrected chi connectivity index (χ4v) is 13.3. The van der Waals surface area contributed by atoms with Crippen molar-refractivity contribution in [3.63, 3.8) is 0 Å². The predicted molar refractivity (Wildman–Crippen MR) is 344 cm³/mol. The molecule has 0 aliphatic carbocycles. The van der Waals surface area contributed by atoms with E-state index in [4.69, 9.17) is 15.0 Å². The van der Waals surface area contributed by atoms with Crippen LogP contribution in [0.2, 0.25) is 0 Å². The van der Waals surface area contributed by atoms with Crippen LogP contribution < -0.4 is 0 Å². The van der Waals surface area contributed by atoms with Crippen LogP contribution in [-0.2, 0) is 0 Å². The quantitative estimate of drug-likeness (QED) is 0.152. The van der Waals surface area contributed by atoms with Gasteiger partial charge in [-0.15, -0.1) is 0 Å². The summed E-state index contributed by atoms with van der Waals surface area (Å²) >= 11 is 0. The molecule has 390 valence electrons. The molecule has 0 saturated carbocycles. The molecule has 0 fully saturated rings. The summed E-state index contributed by atoms with van der Waals surface area (Å²) < 4.78 is 9.74. The van der Waals surface area contributed by atoms with Crippen LogP contribution in [0, 0.1) is 11.3 Å². The average molecular weight is 1070 g/mol. The van der Waals surface area contributed by atoms with Crippen LogP contribution >= 0.6 is 0 Å². The highest BCUT2D eigenvalue weighted by Crippen LogP contribution is 2.52. The number of hydrogen-bond acceptors (Lipinski definition) is 4. The molecule has 0 N–H and O–H groups in total.